The highest BCUT2D eigenvalue weighted by Crippen LogP contribution is 2.02. The van der Waals surface area contributed by atoms with E-state index in [9.17, 15) is 14.4 Å². The van der Waals surface area contributed by atoms with Gasteiger partial charge in [-0.3, -0.25) is 9.59 Å². The van der Waals surface area contributed by atoms with Crippen LogP contribution in [0.1, 0.15) is 19.0 Å². The van der Waals surface area contributed by atoms with Crippen molar-refractivity contribution in [3.05, 3.63) is 18.2 Å². The molecular weight excluding hydrogens is 334 g/mol. The standard InChI is InChI=1S/C14H23N5O4S/c1-8(12(20)19-11(14(22)23)3-4-24-2)18-13(21)10(15)5-9-6-16-7-17-9/h6-8,10-11H,3-5,15H2,1-2H3,(H,16,17)(H,18,21)(H,19,20)(H,22,23)/t8-,10-,11-/m0/s1. The number of thioether (sulfide) groups is 1. The summed E-state index contributed by atoms with van der Waals surface area (Å²) in [7, 11) is 0. The first-order chi connectivity index (χ1) is 11.3. The van der Waals surface area contributed by atoms with Gasteiger partial charge >= 0.3 is 5.97 Å². The van der Waals surface area contributed by atoms with E-state index >= 15 is 0 Å². The number of rotatable bonds is 10. The molecule has 134 valence electrons. The number of nitrogens with zero attached hydrogens (tertiary/aromatic N) is 1. The van der Waals surface area contributed by atoms with Crippen molar-refractivity contribution in [1.29, 1.82) is 0 Å². The lowest BCUT2D eigenvalue weighted by atomic mass is 10.1. The topological polar surface area (TPSA) is 150 Å². The van der Waals surface area contributed by atoms with Crippen LogP contribution in [0.25, 0.3) is 0 Å². The van der Waals surface area contributed by atoms with E-state index < -0.39 is 35.9 Å². The molecule has 1 heterocycles. The number of amides is 2. The number of H-pyrrole nitrogens is 1. The number of imidazole rings is 1. The van der Waals surface area contributed by atoms with Crippen molar-refractivity contribution >= 4 is 29.5 Å². The summed E-state index contributed by atoms with van der Waals surface area (Å²) in [6.07, 6.45) is 5.46. The smallest absolute Gasteiger partial charge is 0.326 e. The molecule has 0 saturated heterocycles. The second kappa shape index (κ2) is 9.93. The number of aromatic nitrogens is 2. The second-order valence-electron chi connectivity index (χ2n) is 5.30. The summed E-state index contributed by atoms with van der Waals surface area (Å²) in [6.45, 7) is 1.48. The molecule has 0 unspecified atom stereocenters. The van der Waals surface area contributed by atoms with Crippen LogP contribution >= 0.6 is 11.8 Å². The van der Waals surface area contributed by atoms with Gasteiger partial charge in [0.2, 0.25) is 11.8 Å². The first-order valence-corrected chi connectivity index (χ1v) is 8.79. The fraction of sp³-hybridized carbons (Fsp3) is 0.571. The molecule has 6 N–H and O–H groups in total. The van der Waals surface area contributed by atoms with E-state index in [-0.39, 0.29) is 6.42 Å². The average Bonchev–Trinajstić information content (AvgIpc) is 3.03. The third-order valence-electron chi connectivity index (χ3n) is 3.31. The molecule has 2 amide bonds. The van der Waals surface area contributed by atoms with Gasteiger partial charge in [-0.15, -0.1) is 0 Å². The number of carbonyl (C=O) groups excluding carboxylic acids is 2. The molecule has 10 heteroatoms. The summed E-state index contributed by atoms with van der Waals surface area (Å²) in [4.78, 5) is 41.9. The number of hydrogen-bond acceptors (Lipinski definition) is 6. The van der Waals surface area contributed by atoms with Gasteiger partial charge in [0, 0.05) is 18.3 Å². The number of aliphatic carboxylic acids is 1. The molecule has 0 fully saturated rings. The van der Waals surface area contributed by atoms with Gasteiger partial charge in [0.05, 0.1) is 12.4 Å². The van der Waals surface area contributed by atoms with Crippen LogP contribution in [-0.2, 0) is 20.8 Å². The highest BCUT2D eigenvalue weighted by atomic mass is 32.2. The zero-order valence-electron chi connectivity index (χ0n) is 13.6. The van der Waals surface area contributed by atoms with Crippen LogP contribution < -0.4 is 16.4 Å². The Morgan fingerprint density at radius 3 is 2.62 bits per heavy atom. The first-order valence-electron chi connectivity index (χ1n) is 7.40. The Hall–Kier alpha value is -2.07. The lowest BCUT2D eigenvalue weighted by Gasteiger charge is -2.20. The predicted octanol–water partition coefficient (Wildman–Crippen LogP) is -0.893. The number of nitrogens with one attached hydrogen (secondary N) is 3. The van der Waals surface area contributed by atoms with Crippen LogP contribution in [0.3, 0.4) is 0 Å². The third kappa shape index (κ3) is 6.59. The molecule has 1 aromatic heterocycles. The molecule has 0 aromatic carbocycles. The van der Waals surface area contributed by atoms with Crippen LogP contribution in [0.4, 0.5) is 0 Å². The molecule has 0 spiro atoms. The van der Waals surface area contributed by atoms with Gasteiger partial charge in [-0.2, -0.15) is 11.8 Å². The zero-order chi connectivity index (χ0) is 18.1. The SMILES string of the molecule is CSCC[C@H](NC(=O)[C@H](C)NC(=O)[C@@H](N)Cc1cnc[nH]1)C(=O)O. The highest BCUT2D eigenvalue weighted by Gasteiger charge is 2.25. The fourth-order valence-electron chi connectivity index (χ4n) is 1.90. The van der Waals surface area contributed by atoms with Crippen molar-refractivity contribution in [3.8, 4) is 0 Å². The van der Waals surface area contributed by atoms with Crippen LogP contribution in [0.2, 0.25) is 0 Å². The number of nitrogens with two attached hydrogens (primary N) is 1. The van der Waals surface area contributed by atoms with Crippen LogP contribution in [0.5, 0.6) is 0 Å². The second-order valence-corrected chi connectivity index (χ2v) is 6.28. The van der Waals surface area contributed by atoms with Gasteiger partial charge in [0.1, 0.15) is 12.1 Å². The van der Waals surface area contributed by atoms with Gasteiger partial charge in [0.15, 0.2) is 0 Å². The van der Waals surface area contributed by atoms with E-state index in [4.69, 9.17) is 10.8 Å². The summed E-state index contributed by atoms with van der Waals surface area (Å²) in [6, 6.07) is -2.71. The Balaban J connectivity index is 2.49. The minimum absolute atomic E-state index is 0.256. The Labute approximate surface area is 144 Å². The normalized spacial score (nSPS) is 14.5. The van der Waals surface area contributed by atoms with E-state index in [1.54, 1.807) is 6.20 Å². The number of carboxylic acid groups (broad SMARTS) is 1. The van der Waals surface area contributed by atoms with Gasteiger partial charge < -0.3 is 26.5 Å². The Morgan fingerprint density at radius 2 is 2.08 bits per heavy atom. The quantitative estimate of drug-likeness (QED) is 0.364. The van der Waals surface area contributed by atoms with Crippen molar-refractivity contribution in [3.63, 3.8) is 0 Å². The third-order valence-corrected chi connectivity index (χ3v) is 3.95. The van der Waals surface area contributed by atoms with E-state index in [1.165, 1.54) is 25.0 Å². The van der Waals surface area contributed by atoms with Gasteiger partial charge in [-0.25, -0.2) is 9.78 Å². The molecular formula is C14H23N5O4S. The molecule has 0 radical (unpaired) electrons. The largest absolute Gasteiger partial charge is 0.480 e. The summed E-state index contributed by atoms with van der Waals surface area (Å²) < 4.78 is 0. The zero-order valence-corrected chi connectivity index (χ0v) is 14.4. The molecule has 24 heavy (non-hydrogen) atoms. The molecule has 0 aliphatic heterocycles. The molecule has 0 bridgehead atoms. The van der Waals surface area contributed by atoms with Crippen molar-refractivity contribution in [2.45, 2.75) is 37.9 Å². The van der Waals surface area contributed by atoms with E-state index in [0.717, 1.165) is 0 Å². The van der Waals surface area contributed by atoms with Crippen molar-refractivity contribution in [2.24, 2.45) is 5.73 Å². The summed E-state index contributed by atoms with van der Waals surface area (Å²) in [5.74, 6) is -1.56. The summed E-state index contributed by atoms with van der Waals surface area (Å²) >= 11 is 1.49. The van der Waals surface area contributed by atoms with Gasteiger partial charge in [-0.1, -0.05) is 0 Å². The maximum absolute atomic E-state index is 12.0. The molecule has 0 saturated carbocycles. The minimum atomic E-state index is -1.10. The van der Waals surface area contributed by atoms with Crippen molar-refractivity contribution in [1.82, 2.24) is 20.6 Å². The van der Waals surface area contributed by atoms with Crippen molar-refractivity contribution < 1.29 is 19.5 Å². The Kier molecular flexibility index (Phi) is 8.27. The van der Waals surface area contributed by atoms with Crippen LogP contribution in [0, 0.1) is 0 Å². The lowest BCUT2D eigenvalue weighted by Crippen LogP contribution is -2.53. The lowest BCUT2D eigenvalue weighted by molar-refractivity contribution is -0.142. The molecule has 1 rings (SSSR count). The summed E-state index contributed by atoms with van der Waals surface area (Å²) in [5, 5.41) is 14.0. The van der Waals surface area contributed by atoms with Gasteiger partial charge in [-0.05, 0) is 25.4 Å². The molecule has 9 nitrogen and oxygen atoms in total. The average molecular weight is 357 g/mol. The number of carboxylic acids is 1. The highest BCUT2D eigenvalue weighted by molar-refractivity contribution is 7.98. The Morgan fingerprint density at radius 1 is 1.38 bits per heavy atom. The predicted molar refractivity (Wildman–Crippen MR) is 90.4 cm³/mol. The monoisotopic (exact) mass is 357 g/mol. The first kappa shape index (κ1) is 20.0. The summed E-state index contributed by atoms with van der Waals surface area (Å²) in [5.41, 5.74) is 6.49. The van der Waals surface area contributed by atoms with E-state index in [1.807, 2.05) is 6.26 Å². The van der Waals surface area contributed by atoms with Crippen LogP contribution in [-0.4, -0.2) is 63.0 Å². The number of carbonyl (C=O) groups is 3. The van der Waals surface area contributed by atoms with E-state index in [0.29, 0.717) is 17.9 Å². The number of aromatic amines is 1. The maximum Gasteiger partial charge on any atom is 0.326 e. The molecule has 1 aromatic rings. The molecule has 3 atom stereocenters. The number of hydrogen-bond donors (Lipinski definition) is 5. The maximum atomic E-state index is 12.0. The van der Waals surface area contributed by atoms with Crippen LogP contribution in [0.15, 0.2) is 12.5 Å². The fourth-order valence-corrected chi connectivity index (χ4v) is 2.37. The van der Waals surface area contributed by atoms with Gasteiger partial charge in [0.25, 0.3) is 0 Å². The molecule has 0 aliphatic rings. The van der Waals surface area contributed by atoms with E-state index in [2.05, 4.69) is 20.6 Å². The van der Waals surface area contributed by atoms with Crippen molar-refractivity contribution in [2.75, 3.05) is 12.0 Å². The Bertz CT molecular complexity index is 551. The minimum Gasteiger partial charge on any atom is -0.480 e. The molecule has 0 aliphatic carbocycles.